The van der Waals surface area contributed by atoms with E-state index in [2.05, 4.69) is 0 Å². The van der Waals surface area contributed by atoms with Crippen LogP contribution in [0.4, 0.5) is 4.79 Å². The van der Waals surface area contributed by atoms with Crippen LogP contribution < -0.4 is 0 Å². The van der Waals surface area contributed by atoms with Gasteiger partial charge in [0.25, 0.3) is 5.24 Å². The Morgan fingerprint density at radius 3 is 2.00 bits per heavy atom. The predicted molar refractivity (Wildman–Crippen MR) is 41.8 cm³/mol. The highest BCUT2D eigenvalue weighted by Crippen LogP contribution is 2.11. The maximum absolute atomic E-state index is 10.8. The average molecular weight is 147 g/mol. The van der Waals surface area contributed by atoms with Crippen LogP contribution >= 0.6 is 11.8 Å². The summed E-state index contributed by atoms with van der Waals surface area (Å²) in [6, 6.07) is 0. The number of thioether (sulfide) groups is 1. The Balaban J connectivity index is 3.51. The van der Waals surface area contributed by atoms with Crippen LogP contribution in [0, 0.1) is 0 Å². The van der Waals surface area contributed by atoms with E-state index >= 15 is 0 Å². The number of amides is 1. The number of hydrogen-bond donors (Lipinski definition) is 0. The van der Waals surface area contributed by atoms with Crippen molar-refractivity contribution in [3.8, 4) is 0 Å². The lowest BCUT2D eigenvalue weighted by atomic mass is 10.6. The van der Waals surface area contributed by atoms with Crippen molar-refractivity contribution in [3.05, 3.63) is 0 Å². The largest absolute Gasteiger partial charge is 0.340 e. The maximum atomic E-state index is 10.8. The minimum Gasteiger partial charge on any atom is -0.340 e. The molecule has 1 amide bonds. The summed E-state index contributed by atoms with van der Waals surface area (Å²) in [5.41, 5.74) is 0. The van der Waals surface area contributed by atoms with E-state index in [1.165, 1.54) is 11.8 Å². The van der Waals surface area contributed by atoms with E-state index in [0.717, 1.165) is 0 Å². The number of carbonyl (C=O) groups is 1. The van der Waals surface area contributed by atoms with Gasteiger partial charge in [0, 0.05) is 19.3 Å². The fourth-order valence-electron chi connectivity index (χ4n) is 0.307. The molecular weight excluding hydrogens is 134 g/mol. The summed E-state index contributed by atoms with van der Waals surface area (Å²) in [5.74, 6) is 0. The van der Waals surface area contributed by atoms with Gasteiger partial charge in [-0.3, -0.25) is 4.79 Å². The molecule has 0 radical (unpaired) electrons. The molecule has 0 unspecified atom stereocenters. The van der Waals surface area contributed by atoms with Crippen molar-refractivity contribution in [3.63, 3.8) is 0 Å². The van der Waals surface area contributed by atoms with E-state index in [-0.39, 0.29) is 5.24 Å². The first-order valence-corrected chi connectivity index (χ1v) is 3.80. The van der Waals surface area contributed by atoms with Crippen LogP contribution in [0.1, 0.15) is 13.8 Å². The Hall–Kier alpha value is -0.180. The third-order valence-corrected chi connectivity index (χ3v) is 1.74. The molecule has 2 nitrogen and oxygen atoms in total. The van der Waals surface area contributed by atoms with Crippen LogP contribution in [-0.2, 0) is 0 Å². The van der Waals surface area contributed by atoms with Gasteiger partial charge in [0.15, 0.2) is 0 Å². The first-order chi connectivity index (χ1) is 4.04. The van der Waals surface area contributed by atoms with Crippen LogP contribution in [0.2, 0.25) is 0 Å². The molecule has 0 saturated heterocycles. The molecule has 0 spiro atoms. The lowest BCUT2D eigenvalue weighted by molar-refractivity contribution is 0.241. The second-order valence-electron chi connectivity index (χ2n) is 2.33. The second kappa shape index (κ2) is 3.77. The Morgan fingerprint density at radius 1 is 1.44 bits per heavy atom. The molecule has 0 N–H and O–H groups in total. The standard InChI is InChI=1S/C6H13NOS/c1-5(2)9-6(8)7(3)4/h5H,1-4H3. The van der Waals surface area contributed by atoms with E-state index in [0.29, 0.717) is 5.25 Å². The first-order valence-electron chi connectivity index (χ1n) is 2.92. The summed E-state index contributed by atoms with van der Waals surface area (Å²) in [4.78, 5) is 12.4. The van der Waals surface area contributed by atoms with Crippen LogP contribution in [0.3, 0.4) is 0 Å². The van der Waals surface area contributed by atoms with Crippen LogP contribution in [0.5, 0.6) is 0 Å². The summed E-state index contributed by atoms with van der Waals surface area (Å²) < 4.78 is 0. The Kier molecular flexibility index (Phi) is 3.70. The number of nitrogens with zero attached hydrogens (tertiary/aromatic N) is 1. The van der Waals surface area contributed by atoms with Gasteiger partial charge in [-0.15, -0.1) is 0 Å². The zero-order valence-corrected chi connectivity index (χ0v) is 7.16. The smallest absolute Gasteiger partial charge is 0.281 e. The topological polar surface area (TPSA) is 20.3 Å². The van der Waals surface area contributed by atoms with Crippen LogP contribution in [-0.4, -0.2) is 29.5 Å². The van der Waals surface area contributed by atoms with E-state index in [4.69, 9.17) is 0 Å². The molecule has 3 heteroatoms. The molecule has 0 rings (SSSR count). The van der Waals surface area contributed by atoms with Gasteiger partial charge < -0.3 is 4.90 Å². The van der Waals surface area contributed by atoms with Crippen molar-refractivity contribution in [2.75, 3.05) is 14.1 Å². The van der Waals surface area contributed by atoms with Gasteiger partial charge >= 0.3 is 0 Å². The summed E-state index contributed by atoms with van der Waals surface area (Å²) in [6.45, 7) is 4.01. The monoisotopic (exact) mass is 147 g/mol. The number of carbonyl (C=O) groups excluding carboxylic acids is 1. The predicted octanol–water partition coefficient (Wildman–Crippen LogP) is 1.81. The van der Waals surface area contributed by atoms with Gasteiger partial charge in [-0.2, -0.15) is 0 Å². The van der Waals surface area contributed by atoms with E-state index in [1.807, 2.05) is 13.8 Å². The van der Waals surface area contributed by atoms with Crippen molar-refractivity contribution in [1.29, 1.82) is 0 Å². The molecule has 0 atom stereocenters. The van der Waals surface area contributed by atoms with Gasteiger partial charge in [-0.05, 0) is 0 Å². The summed E-state index contributed by atoms with van der Waals surface area (Å²) in [7, 11) is 3.52. The van der Waals surface area contributed by atoms with Gasteiger partial charge in [-0.25, -0.2) is 0 Å². The normalized spacial score (nSPS) is 9.89. The lowest BCUT2D eigenvalue weighted by Gasteiger charge is -2.10. The molecule has 0 bridgehead atoms. The molecule has 9 heavy (non-hydrogen) atoms. The van der Waals surface area contributed by atoms with Gasteiger partial charge in [0.1, 0.15) is 0 Å². The average Bonchev–Trinajstić information content (AvgIpc) is 1.63. The van der Waals surface area contributed by atoms with E-state index in [9.17, 15) is 4.79 Å². The molecule has 0 aliphatic heterocycles. The summed E-state index contributed by atoms with van der Waals surface area (Å²) in [6.07, 6.45) is 0. The fourth-order valence-corrected chi connectivity index (χ4v) is 0.921. The second-order valence-corrected chi connectivity index (χ2v) is 3.85. The molecular formula is C6H13NOS. The highest BCUT2D eigenvalue weighted by atomic mass is 32.2. The van der Waals surface area contributed by atoms with Gasteiger partial charge in [0.05, 0.1) is 0 Å². The van der Waals surface area contributed by atoms with Crippen molar-refractivity contribution < 1.29 is 4.79 Å². The van der Waals surface area contributed by atoms with Crippen molar-refractivity contribution >= 4 is 17.0 Å². The molecule has 54 valence electrons. The number of rotatable bonds is 1. The van der Waals surface area contributed by atoms with Crippen LogP contribution in [0.15, 0.2) is 0 Å². The minimum atomic E-state index is 0.130. The molecule has 0 aromatic carbocycles. The molecule has 0 aromatic rings. The quantitative estimate of drug-likeness (QED) is 0.563. The maximum Gasteiger partial charge on any atom is 0.281 e. The lowest BCUT2D eigenvalue weighted by Crippen LogP contribution is -2.17. The fraction of sp³-hybridized carbons (Fsp3) is 0.833. The minimum absolute atomic E-state index is 0.130. The van der Waals surface area contributed by atoms with Gasteiger partial charge in [0.2, 0.25) is 0 Å². The van der Waals surface area contributed by atoms with Crippen molar-refractivity contribution in [2.24, 2.45) is 0 Å². The first kappa shape index (κ1) is 8.82. The molecule has 0 aliphatic rings. The zero-order valence-electron chi connectivity index (χ0n) is 6.34. The SMILES string of the molecule is CC(C)SC(=O)N(C)C. The molecule has 0 aliphatic carbocycles. The third kappa shape index (κ3) is 4.33. The van der Waals surface area contributed by atoms with E-state index < -0.39 is 0 Å². The molecule has 0 fully saturated rings. The van der Waals surface area contributed by atoms with Crippen LogP contribution in [0.25, 0.3) is 0 Å². The molecule has 0 saturated carbocycles. The van der Waals surface area contributed by atoms with Crippen molar-refractivity contribution in [2.45, 2.75) is 19.1 Å². The van der Waals surface area contributed by atoms with Gasteiger partial charge in [-0.1, -0.05) is 25.6 Å². The van der Waals surface area contributed by atoms with Crippen molar-refractivity contribution in [1.82, 2.24) is 4.90 Å². The Labute approximate surface area is 60.6 Å². The highest BCUT2D eigenvalue weighted by Gasteiger charge is 2.05. The Bertz CT molecular complexity index is 101. The zero-order chi connectivity index (χ0) is 7.44. The third-order valence-electron chi connectivity index (χ3n) is 0.702. The molecule has 0 heterocycles. The number of hydrogen-bond acceptors (Lipinski definition) is 2. The molecule has 0 aromatic heterocycles. The Morgan fingerprint density at radius 2 is 1.89 bits per heavy atom. The highest BCUT2D eigenvalue weighted by molar-refractivity contribution is 8.14. The summed E-state index contributed by atoms with van der Waals surface area (Å²) >= 11 is 1.35. The summed E-state index contributed by atoms with van der Waals surface area (Å²) in [5, 5.41) is 0.518. The van der Waals surface area contributed by atoms with E-state index in [1.54, 1.807) is 19.0 Å².